The average molecular weight is 678 g/mol. The lowest BCUT2D eigenvalue weighted by Crippen LogP contribution is -2.50. The number of halogens is 7. The van der Waals surface area contributed by atoms with Crippen LogP contribution in [0.25, 0.3) is 0 Å². The van der Waals surface area contributed by atoms with E-state index >= 15 is 0 Å². The highest BCUT2D eigenvalue weighted by atomic mass is 32.2. The number of amides is 1. The second-order valence-electron chi connectivity index (χ2n) is 12.5. The van der Waals surface area contributed by atoms with E-state index in [2.05, 4.69) is 0 Å². The zero-order chi connectivity index (χ0) is 33.7. The molecule has 2 aromatic rings. The van der Waals surface area contributed by atoms with Crippen LogP contribution in [0.4, 0.5) is 30.7 Å². The molecule has 46 heavy (non-hydrogen) atoms. The summed E-state index contributed by atoms with van der Waals surface area (Å²) < 4.78 is 113. The SMILES string of the molecule is COC(=O)C1CCC(C(=O)N2CCC(c3ccc(C(F)(C(F)(F)F)C(F)(F)F)cc3)([S+]([O-])c3cccc(C4(O)CCC4)c3)C2)CC1. The first-order valence-corrected chi connectivity index (χ1v) is 16.2. The second kappa shape index (κ2) is 12.3. The van der Waals surface area contributed by atoms with Gasteiger partial charge in [0.15, 0.2) is 9.64 Å². The Morgan fingerprint density at radius 3 is 2.00 bits per heavy atom. The van der Waals surface area contributed by atoms with Gasteiger partial charge in [-0.15, -0.1) is 0 Å². The predicted octanol–water partition coefficient (Wildman–Crippen LogP) is 6.56. The first kappa shape index (κ1) is 34.5. The highest BCUT2D eigenvalue weighted by molar-refractivity contribution is 7.92. The van der Waals surface area contributed by atoms with Crippen molar-refractivity contribution in [2.45, 2.75) is 84.6 Å². The monoisotopic (exact) mass is 677 g/mol. The van der Waals surface area contributed by atoms with Crippen molar-refractivity contribution in [3.63, 3.8) is 0 Å². The summed E-state index contributed by atoms with van der Waals surface area (Å²) in [6.45, 7) is -0.0619. The Bertz CT molecular complexity index is 1420. The molecule has 0 spiro atoms. The Hall–Kier alpha value is -2.84. The number of hydrogen-bond acceptors (Lipinski definition) is 5. The maximum atomic E-state index is 14.8. The van der Waals surface area contributed by atoms with Crippen molar-refractivity contribution in [2.24, 2.45) is 11.8 Å². The minimum Gasteiger partial charge on any atom is -0.611 e. The third kappa shape index (κ3) is 5.89. The van der Waals surface area contributed by atoms with Crippen LogP contribution in [-0.4, -0.2) is 59.0 Å². The summed E-state index contributed by atoms with van der Waals surface area (Å²) in [7, 11) is 1.29. The highest BCUT2D eigenvalue weighted by Gasteiger charge is 2.73. The molecule has 1 amide bonds. The Balaban J connectivity index is 1.49. The fourth-order valence-electron chi connectivity index (χ4n) is 6.88. The maximum absolute atomic E-state index is 14.8. The molecule has 6 nitrogen and oxygen atoms in total. The van der Waals surface area contributed by atoms with Crippen LogP contribution in [-0.2, 0) is 41.5 Å². The Morgan fingerprint density at radius 2 is 1.48 bits per heavy atom. The largest absolute Gasteiger partial charge is 0.611 e. The number of alkyl halides is 7. The van der Waals surface area contributed by atoms with Crippen LogP contribution in [0.1, 0.15) is 68.1 Å². The van der Waals surface area contributed by atoms with Gasteiger partial charge < -0.3 is 19.3 Å². The van der Waals surface area contributed by atoms with Gasteiger partial charge in [0, 0.05) is 30.0 Å². The molecule has 3 fully saturated rings. The maximum Gasteiger partial charge on any atom is 0.435 e. The molecular formula is C32H34F7NO5S. The number of methoxy groups -OCH3 is 1. The molecule has 2 saturated carbocycles. The topological polar surface area (TPSA) is 89.9 Å². The number of nitrogens with zero attached hydrogens (tertiary/aromatic N) is 1. The number of carbonyl (C=O) groups excluding carboxylic acids is 2. The van der Waals surface area contributed by atoms with E-state index in [1.54, 1.807) is 24.3 Å². The van der Waals surface area contributed by atoms with Gasteiger partial charge in [-0.1, -0.05) is 36.4 Å². The molecule has 252 valence electrons. The molecule has 2 aromatic carbocycles. The normalized spacial score (nSPS) is 25.9. The Labute approximate surface area is 264 Å². The van der Waals surface area contributed by atoms with Crippen molar-refractivity contribution in [1.29, 1.82) is 0 Å². The van der Waals surface area contributed by atoms with Crippen LogP contribution >= 0.6 is 0 Å². The van der Waals surface area contributed by atoms with E-state index in [0.717, 1.165) is 18.6 Å². The minimum absolute atomic E-state index is 0.0516. The molecule has 14 heteroatoms. The molecule has 2 atom stereocenters. The zero-order valence-electron chi connectivity index (χ0n) is 24.9. The fourth-order valence-corrected chi connectivity index (χ4v) is 8.67. The van der Waals surface area contributed by atoms with Crippen molar-refractivity contribution in [1.82, 2.24) is 4.90 Å². The number of carbonyl (C=O) groups is 2. The van der Waals surface area contributed by atoms with Gasteiger partial charge in [-0.05, 0) is 73.8 Å². The van der Waals surface area contributed by atoms with Crippen molar-refractivity contribution in [3.05, 3.63) is 65.2 Å². The van der Waals surface area contributed by atoms with E-state index in [9.17, 15) is 50.0 Å². The molecule has 0 bridgehead atoms. The van der Waals surface area contributed by atoms with Crippen LogP contribution in [0.15, 0.2) is 53.4 Å². The van der Waals surface area contributed by atoms with Crippen molar-refractivity contribution < 1.29 is 54.7 Å². The third-order valence-electron chi connectivity index (χ3n) is 9.87. The van der Waals surface area contributed by atoms with Crippen molar-refractivity contribution in [3.8, 4) is 0 Å². The molecule has 2 unspecified atom stereocenters. The van der Waals surface area contributed by atoms with Gasteiger partial charge in [-0.2, -0.15) is 26.3 Å². The number of ether oxygens (including phenoxy) is 1. The standard InChI is InChI=1S/C32H34F7NO5S/c1-45-27(42)21-8-6-20(7-9-21)26(41)40-17-16-29(19-40,46(44)25-5-2-4-24(18-25)28(43)14-3-15-28)22-10-12-23(13-11-22)30(33,31(34,35)36)32(37,38)39/h2,4-5,10-13,18,20-21,43H,3,6-9,14-17,19H2,1H3. The molecule has 2 aliphatic carbocycles. The van der Waals surface area contributed by atoms with E-state index in [4.69, 9.17) is 4.74 Å². The van der Waals surface area contributed by atoms with Gasteiger partial charge in [0.1, 0.15) is 0 Å². The second-order valence-corrected chi connectivity index (χ2v) is 14.3. The minimum atomic E-state index is -6.29. The van der Waals surface area contributed by atoms with Gasteiger partial charge in [-0.25, -0.2) is 4.39 Å². The van der Waals surface area contributed by atoms with E-state index in [-0.39, 0.29) is 47.8 Å². The van der Waals surface area contributed by atoms with Crippen molar-refractivity contribution >= 4 is 23.1 Å². The number of rotatable bonds is 7. The molecule has 1 aliphatic heterocycles. The summed E-state index contributed by atoms with van der Waals surface area (Å²) in [5.74, 6) is -1.37. The molecule has 1 heterocycles. The number of hydrogen-bond donors (Lipinski definition) is 1. The molecule has 1 saturated heterocycles. The smallest absolute Gasteiger partial charge is 0.435 e. The number of esters is 1. The summed E-state index contributed by atoms with van der Waals surface area (Å²) in [5.41, 5.74) is -7.78. The quantitative estimate of drug-likeness (QED) is 0.204. The average Bonchev–Trinajstić information content (AvgIpc) is 3.48. The van der Waals surface area contributed by atoms with Gasteiger partial charge >= 0.3 is 24.0 Å². The lowest BCUT2D eigenvalue weighted by Gasteiger charge is -2.38. The summed E-state index contributed by atoms with van der Waals surface area (Å²) >= 11 is -2.01. The van der Waals surface area contributed by atoms with Gasteiger partial charge in [-0.3, -0.25) is 9.59 Å². The summed E-state index contributed by atoms with van der Waals surface area (Å²) in [4.78, 5) is 27.3. The van der Waals surface area contributed by atoms with E-state index in [0.29, 0.717) is 56.2 Å². The highest BCUT2D eigenvalue weighted by Crippen LogP contribution is 2.54. The summed E-state index contributed by atoms with van der Waals surface area (Å²) in [5, 5.41) is 10.9. The molecular weight excluding hydrogens is 643 g/mol. The summed E-state index contributed by atoms with van der Waals surface area (Å²) in [6, 6.07) is 9.06. The third-order valence-corrected chi connectivity index (χ3v) is 11.8. The molecule has 0 aromatic heterocycles. The van der Waals surface area contributed by atoms with Gasteiger partial charge in [0.25, 0.3) is 0 Å². The number of aliphatic hydroxyl groups is 1. The number of benzene rings is 2. The Morgan fingerprint density at radius 1 is 0.891 bits per heavy atom. The zero-order valence-corrected chi connectivity index (χ0v) is 25.7. The molecule has 1 N–H and O–H groups in total. The predicted molar refractivity (Wildman–Crippen MR) is 152 cm³/mol. The molecule has 3 aliphatic rings. The lowest BCUT2D eigenvalue weighted by molar-refractivity contribution is -0.348. The van der Waals surface area contributed by atoms with Crippen LogP contribution in [0.2, 0.25) is 0 Å². The van der Waals surface area contributed by atoms with Crippen LogP contribution in [0.5, 0.6) is 0 Å². The first-order chi connectivity index (χ1) is 21.5. The van der Waals surface area contributed by atoms with Gasteiger partial charge in [0.2, 0.25) is 5.91 Å². The Kier molecular flexibility index (Phi) is 9.23. The number of likely N-dealkylation sites (tertiary alicyclic amines) is 1. The summed E-state index contributed by atoms with van der Waals surface area (Å²) in [6.07, 6.45) is -9.04. The lowest BCUT2D eigenvalue weighted by atomic mass is 9.75. The van der Waals surface area contributed by atoms with Gasteiger partial charge in [0.05, 0.1) is 25.2 Å². The van der Waals surface area contributed by atoms with Crippen LogP contribution in [0.3, 0.4) is 0 Å². The van der Waals surface area contributed by atoms with Crippen molar-refractivity contribution in [2.75, 3.05) is 20.2 Å². The van der Waals surface area contributed by atoms with E-state index in [1.165, 1.54) is 12.0 Å². The van der Waals surface area contributed by atoms with Crippen LogP contribution in [0, 0.1) is 11.8 Å². The van der Waals surface area contributed by atoms with Crippen LogP contribution < -0.4 is 0 Å². The molecule has 5 rings (SSSR count). The fraction of sp³-hybridized carbons (Fsp3) is 0.562. The molecule has 0 radical (unpaired) electrons. The van der Waals surface area contributed by atoms with E-state index < -0.39 is 51.0 Å². The van der Waals surface area contributed by atoms with E-state index in [1.807, 2.05) is 0 Å². The first-order valence-electron chi connectivity index (χ1n) is 15.0.